The zero-order chi connectivity index (χ0) is 12.5. The normalized spacial score (nSPS) is 10.0. The molecule has 2 aromatic rings. The molecule has 0 bridgehead atoms. The predicted octanol–water partition coefficient (Wildman–Crippen LogP) is 4.48. The first-order valence-electron chi connectivity index (χ1n) is 6.06. The predicted molar refractivity (Wildman–Crippen MR) is 80.2 cm³/mol. The summed E-state index contributed by atoms with van der Waals surface area (Å²) >= 11 is 6.59. The molecule has 0 saturated heterocycles. The molecule has 0 atom stereocenters. The lowest BCUT2D eigenvalue weighted by Gasteiger charge is -1.90. The third-order valence-corrected chi connectivity index (χ3v) is 3.60. The summed E-state index contributed by atoms with van der Waals surface area (Å²) in [5, 5.41) is 0. The minimum atomic E-state index is 0.848. The van der Waals surface area contributed by atoms with Gasteiger partial charge in [-0.25, -0.2) is 0 Å². The molecule has 0 aliphatic rings. The Bertz CT molecular complexity index is 433. The van der Waals surface area contributed by atoms with E-state index in [1.54, 1.807) is 11.3 Å². The zero-order valence-electron chi connectivity index (χ0n) is 10.2. The van der Waals surface area contributed by atoms with E-state index in [-0.39, 0.29) is 0 Å². The van der Waals surface area contributed by atoms with Crippen molar-refractivity contribution in [1.82, 2.24) is 4.98 Å². The van der Waals surface area contributed by atoms with E-state index in [1.807, 2.05) is 18.2 Å². The Morgan fingerprint density at radius 2 is 2.00 bits per heavy atom. The third-order valence-electron chi connectivity index (χ3n) is 2.38. The Morgan fingerprint density at radius 3 is 2.65 bits per heavy atom. The average Bonchev–Trinajstić information content (AvgIpc) is 2.70. The Hall–Kier alpha value is -0.710. The summed E-state index contributed by atoms with van der Waals surface area (Å²) < 4.78 is 2.08. The van der Waals surface area contributed by atoms with Crippen LogP contribution in [0.5, 0.6) is 0 Å². The topological polar surface area (TPSA) is 41.8 Å². The van der Waals surface area contributed by atoms with Gasteiger partial charge in [0.15, 0.2) is 3.95 Å². The van der Waals surface area contributed by atoms with Crippen LogP contribution in [0, 0.1) is 3.95 Å². The van der Waals surface area contributed by atoms with Crippen molar-refractivity contribution in [3.05, 3.63) is 28.2 Å². The van der Waals surface area contributed by atoms with E-state index in [9.17, 15) is 0 Å². The Balaban J connectivity index is 0.000000185. The summed E-state index contributed by atoms with van der Waals surface area (Å²) in [4.78, 5) is 3.09. The molecule has 1 heterocycles. The molecule has 0 aliphatic carbocycles. The first-order valence-corrected chi connectivity index (χ1v) is 7.28. The Labute approximate surface area is 112 Å². The van der Waals surface area contributed by atoms with Crippen LogP contribution in [0.15, 0.2) is 24.3 Å². The molecule has 2 rings (SSSR count). The van der Waals surface area contributed by atoms with E-state index in [0.717, 1.165) is 16.0 Å². The Kier molecular flexibility index (Phi) is 7.08. The molecule has 3 N–H and O–H groups in total. The van der Waals surface area contributed by atoms with Crippen LogP contribution in [0.3, 0.4) is 0 Å². The van der Waals surface area contributed by atoms with Crippen LogP contribution < -0.4 is 5.73 Å². The first kappa shape index (κ1) is 14.4. The van der Waals surface area contributed by atoms with Crippen LogP contribution in [0.2, 0.25) is 0 Å². The van der Waals surface area contributed by atoms with Crippen molar-refractivity contribution >= 4 is 33.8 Å². The van der Waals surface area contributed by atoms with Crippen LogP contribution in [0.25, 0.3) is 10.2 Å². The number of rotatable bonds is 4. The summed E-state index contributed by atoms with van der Waals surface area (Å²) in [6, 6.07) is 8.11. The molecule has 0 fully saturated rings. The molecule has 0 unspecified atom stereocenters. The fraction of sp³-hybridized carbons (Fsp3) is 0.462. The van der Waals surface area contributed by atoms with Crippen molar-refractivity contribution in [3.63, 3.8) is 0 Å². The molecule has 17 heavy (non-hydrogen) atoms. The summed E-state index contributed by atoms with van der Waals surface area (Å²) in [5.41, 5.74) is 6.41. The number of nitrogens with two attached hydrogens (primary N) is 1. The van der Waals surface area contributed by atoms with E-state index in [1.165, 1.54) is 30.4 Å². The molecule has 4 heteroatoms. The van der Waals surface area contributed by atoms with Crippen LogP contribution in [-0.4, -0.2) is 11.5 Å². The largest absolute Gasteiger partial charge is 0.337 e. The smallest absolute Gasteiger partial charge is 0.159 e. The highest BCUT2D eigenvalue weighted by Crippen LogP contribution is 2.17. The minimum Gasteiger partial charge on any atom is -0.337 e. The number of aromatic amines is 1. The van der Waals surface area contributed by atoms with Crippen LogP contribution in [0.1, 0.15) is 32.6 Å². The van der Waals surface area contributed by atoms with Gasteiger partial charge in [0, 0.05) is 0 Å². The van der Waals surface area contributed by atoms with Gasteiger partial charge in [-0.1, -0.05) is 38.3 Å². The zero-order valence-corrected chi connectivity index (χ0v) is 11.9. The molecule has 0 aliphatic heterocycles. The highest BCUT2D eigenvalue weighted by atomic mass is 32.1. The maximum Gasteiger partial charge on any atom is 0.159 e. The van der Waals surface area contributed by atoms with Gasteiger partial charge in [-0.15, -0.1) is 11.3 Å². The standard InChI is InChI=1S/C7H5NS2.C6H15N/c9-7-8-5-3-1-2-4-6(5)10-7;1-2-3-4-5-6-7/h1-4H,(H,8,9);2-7H2,1H3. The maximum absolute atomic E-state index is 5.27. The molecule has 1 aromatic carbocycles. The van der Waals surface area contributed by atoms with E-state index in [2.05, 4.69) is 18.0 Å². The summed E-state index contributed by atoms with van der Waals surface area (Å²) in [7, 11) is 0. The van der Waals surface area contributed by atoms with E-state index in [4.69, 9.17) is 18.0 Å². The lowest BCUT2D eigenvalue weighted by molar-refractivity contribution is 0.674. The number of hydrogen-bond donors (Lipinski definition) is 2. The van der Waals surface area contributed by atoms with Crippen molar-refractivity contribution < 1.29 is 0 Å². The van der Waals surface area contributed by atoms with Gasteiger partial charge in [0.2, 0.25) is 0 Å². The van der Waals surface area contributed by atoms with E-state index < -0.39 is 0 Å². The molecule has 0 amide bonds. The molecule has 0 radical (unpaired) electrons. The monoisotopic (exact) mass is 268 g/mol. The number of fused-ring (bicyclic) bond motifs is 1. The van der Waals surface area contributed by atoms with Gasteiger partial charge in [-0.3, -0.25) is 0 Å². The van der Waals surface area contributed by atoms with Crippen molar-refractivity contribution in [3.8, 4) is 0 Å². The number of benzene rings is 1. The van der Waals surface area contributed by atoms with Crippen molar-refractivity contribution in [2.24, 2.45) is 5.73 Å². The average molecular weight is 268 g/mol. The summed E-state index contributed by atoms with van der Waals surface area (Å²) in [5.74, 6) is 0. The number of para-hydroxylation sites is 1. The van der Waals surface area contributed by atoms with Gasteiger partial charge in [0.05, 0.1) is 10.2 Å². The van der Waals surface area contributed by atoms with Gasteiger partial charge in [0.25, 0.3) is 0 Å². The highest BCUT2D eigenvalue weighted by Gasteiger charge is 1.91. The van der Waals surface area contributed by atoms with Crippen LogP contribution >= 0.6 is 23.6 Å². The number of H-pyrrole nitrogens is 1. The summed E-state index contributed by atoms with van der Waals surface area (Å²) in [6.45, 7) is 3.07. The second kappa shape index (κ2) is 8.39. The quantitative estimate of drug-likeness (QED) is 0.634. The second-order valence-electron chi connectivity index (χ2n) is 3.86. The molecule has 0 spiro atoms. The van der Waals surface area contributed by atoms with Gasteiger partial charge in [0.1, 0.15) is 0 Å². The molecule has 1 aromatic heterocycles. The molecule has 94 valence electrons. The number of hydrogen-bond acceptors (Lipinski definition) is 3. The SMILES string of the molecule is CCCCCCN.S=c1[nH]c2ccccc2s1. The van der Waals surface area contributed by atoms with Gasteiger partial charge < -0.3 is 10.7 Å². The number of unbranched alkanes of at least 4 members (excludes halogenated alkanes) is 3. The van der Waals surface area contributed by atoms with Crippen LogP contribution in [0.4, 0.5) is 0 Å². The van der Waals surface area contributed by atoms with E-state index in [0.29, 0.717) is 0 Å². The van der Waals surface area contributed by atoms with Crippen molar-refractivity contribution in [2.75, 3.05) is 6.54 Å². The fourth-order valence-corrected chi connectivity index (χ4v) is 2.58. The van der Waals surface area contributed by atoms with Gasteiger partial charge in [-0.05, 0) is 37.3 Å². The number of thiazole rings is 1. The van der Waals surface area contributed by atoms with Crippen molar-refractivity contribution in [2.45, 2.75) is 32.6 Å². The lowest BCUT2D eigenvalue weighted by Crippen LogP contribution is -1.97. The van der Waals surface area contributed by atoms with Gasteiger partial charge >= 0.3 is 0 Å². The third kappa shape index (κ3) is 5.44. The molecular weight excluding hydrogens is 248 g/mol. The van der Waals surface area contributed by atoms with Gasteiger partial charge in [-0.2, -0.15) is 0 Å². The second-order valence-corrected chi connectivity index (χ2v) is 5.58. The van der Waals surface area contributed by atoms with Crippen LogP contribution in [-0.2, 0) is 0 Å². The molecule has 0 saturated carbocycles. The Morgan fingerprint density at radius 1 is 1.24 bits per heavy atom. The first-order chi connectivity index (χ1) is 8.27. The highest BCUT2D eigenvalue weighted by molar-refractivity contribution is 7.73. The van der Waals surface area contributed by atoms with Crippen molar-refractivity contribution in [1.29, 1.82) is 0 Å². The fourth-order valence-electron chi connectivity index (χ4n) is 1.47. The summed E-state index contributed by atoms with van der Waals surface area (Å²) in [6.07, 6.45) is 5.16. The number of aromatic nitrogens is 1. The molecule has 2 nitrogen and oxygen atoms in total. The minimum absolute atomic E-state index is 0.848. The maximum atomic E-state index is 5.27. The lowest BCUT2D eigenvalue weighted by atomic mass is 10.2. The number of nitrogens with one attached hydrogen (secondary N) is 1. The van der Waals surface area contributed by atoms with E-state index >= 15 is 0 Å². The molecular formula is C13H20N2S2.